The summed E-state index contributed by atoms with van der Waals surface area (Å²) in [6.07, 6.45) is 3.74. The minimum Gasteiger partial charge on any atom is -0.392 e. The summed E-state index contributed by atoms with van der Waals surface area (Å²) in [5, 5.41) is 12.7. The Morgan fingerprint density at radius 2 is 1.95 bits per heavy atom. The molecule has 0 aromatic heterocycles. The van der Waals surface area contributed by atoms with Crippen molar-refractivity contribution in [1.82, 2.24) is 0 Å². The maximum absolute atomic E-state index is 9.19. The van der Waals surface area contributed by atoms with Gasteiger partial charge in [-0.2, -0.15) is 0 Å². The van der Waals surface area contributed by atoms with Crippen LogP contribution in [0.15, 0.2) is 42.5 Å². The first-order valence-corrected chi connectivity index (χ1v) is 7.34. The number of anilines is 1. The van der Waals surface area contributed by atoms with Gasteiger partial charge < -0.3 is 10.4 Å². The lowest BCUT2D eigenvalue weighted by molar-refractivity contribution is 0.282. The van der Waals surface area contributed by atoms with Gasteiger partial charge in [0.05, 0.1) is 6.61 Å². The highest BCUT2D eigenvalue weighted by Gasteiger charge is 2.13. The predicted molar refractivity (Wildman–Crippen MR) is 82.9 cm³/mol. The van der Waals surface area contributed by atoms with Gasteiger partial charge in [-0.1, -0.05) is 30.3 Å². The van der Waals surface area contributed by atoms with Crippen LogP contribution in [0.2, 0.25) is 0 Å². The monoisotopic (exact) mass is 267 g/mol. The summed E-state index contributed by atoms with van der Waals surface area (Å²) in [5.41, 5.74) is 6.37. The van der Waals surface area contributed by atoms with Crippen molar-refractivity contribution in [2.75, 3.05) is 5.32 Å². The first-order chi connectivity index (χ1) is 9.76. The lowest BCUT2D eigenvalue weighted by atomic mass is 10.0. The highest BCUT2D eigenvalue weighted by atomic mass is 16.3. The van der Waals surface area contributed by atoms with Crippen LogP contribution in [0.4, 0.5) is 5.69 Å². The second-order valence-corrected chi connectivity index (χ2v) is 5.61. The average Bonchev–Trinajstić information content (AvgIpc) is 2.94. The van der Waals surface area contributed by atoms with Crippen LogP contribution >= 0.6 is 0 Å². The van der Waals surface area contributed by atoms with Gasteiger partial charge in [-0.25, -0.2) is 0 Å². The molecule has 1 atom stereocenters. The second kappa shape index (κ2) is 5.68. The Kier molecular flexibility index (Phi) is 3.75. The minimum atomic E-state index is 0.0861. The normalized spacial score (nSPS) is 14.9. The quantitative estimate of drug-likeness (QED) is 0.882. The fraction of sp³-hybridized carbons (Fsp3) is 0.333. The molecule has 20 heavy (non-hydrogen) atoms. The van der Waals surface area contributed by atoms with Gasteiger partial charge in [-0.15, -0.1) is 0 Å². The van der Waals surface area contributed by atoms with Gasteiger partial charge in [0.2, 0.25) is 0 Å². The fourth-order valence-corrected chi connectivity index (χ4v) is 2.95. The lowest BCUT2D eigenvalue weighted by Gasteiger charge is -2.17. The van der Waals surface area contributed by atoms with E-state index in [9.17, 15) is 5.11 Å². The molecule has 0 heterocycles. The third-order valence-corrected chi connectivity index (χ3v) is 4.12. The molecule has 0 bridgehead atoms. The summed E-state index contributed by atoms with van der Waals surface area (Å²) in [6.45, 7) is 2.27. The molecule has 0 amide bonds. The van der Waals surface area contributed by atoms with E-state index in [1.807, 2.05) is 24.3 Å². The molecule has 104 valence electrons. The zero-order chi connectivity index (χ0) is 13.9. The van der Waals surface area contributed by atoms with Crippen molar-refractivity contribution >= 4 is 5.69 Å². The van der Waals surface area contributed by atoms with Crippen LogP contribution in [-0.2, 0) is 19.4 Å². The van der Waals surface area contributed by atoms with Crippen LogP contribution in [0.5, 0.6) is 0 Å². The lowest BCUT2D eigenvalue weighted by Crippen LogP contribution is -2.07. The molecule has 0 saturated carbocycles. The Labute approximate surface area is 120 Å². The molecule has 2 heteroatoms. The molecular weight excluding hydrogens is 246 g/mol. The smallest absolute Gasteiger partial charge is 0.0682 e. The first-order valence-electron chi connectivity index (χ1n) is 7.34. The van der Waals surface area contributed by atoms with Gasteiger partial charge in [-0.05, 0) is 60.6 Å². The predicted octanol–water partition coefficient (Wildman–Crippen LogP) is 3.84. The third kappa shape index (κ3) is 2.70. The van der Waals surface area contributed by atoms with E-state index in [1.54, 1.807) is 0 Å². The van der Waals surface area contributed by atoms with Crippen molar-refractivity contribution in [2.24, 2.45) is 0 Å². The van der Waals surface area contributed by atoms with Crippen molar-refractivity contribution in [3.05, 3.63) is 64.7 Å². The van der Waals surface area contributed by atoms with Crippen LogP contribution in [0.25, 0.3) is 0 Å². The van der Waals surface area contributed by atoms with Crippen LogP contribution in [0, 0.1) is 0 Å². The number of aryl methyl sites for hydroxylation is 2. The zero-order valence-electron chi connectivity index (χ0n) is 11.9. The molecule has 0 fully saturated rings. The Balaban J connectivity index is 1.77. The molecule has 0 saturated heterocycles. The summed E-state index contributed by atoms with van der Waals surface area (Å²) in [5.74, 6) is 0. The Hall–Kier alpha value is -1.80. The molecule has 3 rings (SSSR count). The molecule has 2 aromatic carbocycles. The molecule has 0 aliphatic heterocycles. The van der Waals surface area contributed by atoms with E-state index in [1.165, 1.54) is 36.0 Å². The molecule has 0 spiro atoms. The van der Waals surface area contributed by atoms with E-state index < -0.39 is 0 Å². The summed E-state index contributed by atoms with van der Waals surface area (Å²) in [4.78, 5) is 0. The second-order valence-electron chi connectivity index (χ2n) is 5.61. The Bertz CT molecular complexity index is 606. The summed E-state index contributed by atoms with van der Waals surface area (Å²) in [7, 11) is 0. The first kappa shape index (κ1) is 13.2. The number of nitrogens with one attached hydrogen (secondary N) is 1. The maximum Gasteiger partial charge on any atom is 0.0682 e. The van der Waals surface area contributed by atoms with Crippen LogP contribution in [0.1, 0.15) is 41.6 Å². The standard InChI is InChI=1S/C18H21NO/c1-13(19-18-7-2-4-14(10-18)12-20)16-9-8-15-5-3-6-17(15)11-16/h2,4,7-11,13,19-20H,3,5-6,12H2,1H3. The Morgan fingerprint density at radius 3 is 2.80 bits per heavy atom. The van der Waals surface area contributed by atoms with E-state index in [2.05, 4.69) is 30.4 Å². The average molecular weight is 267 g/mol. The van der Waals surface area contributed by atoms with Gasteiger partial charge in [0.15, 0.2) is 0 Å². The van der Waals surface area contributed by atoms with E-state index in [0.29, 0.717) is 0 Å². The van der Waals surface area contributed by atoms with Gasteiger partial charge in [-0.3, -0.25) is 0 Å². The molecule has 0 radical (unpaired) electrons. The number of aliphatic hydroxyl groups is 1. The Morgan fingerprint density at radius 1 is 1.10 bits per heavy atom. The topological polar surface area (TPSA) is 32.3 Å². The summed E-state index contributed by atoms with van der Waals surface area (Å²) >= 11 is 0. The summed E-state index contributed by atoms with van der Waals surface area (Å²) < 4.78 is 0. The van der Waals surface area contributed by atoms with Crippen LogP contribution < -0.4 is 5.32 Å². The van der Waals surface area contributed by atoms with Crippen molar-refractivity contribution in [1.29, 1.82) is 0 Å². The van der Waals surface area contributed by atoms with Gasteiger partial charge >= 0.3 is 0 Å². The molecule has 2 aromatic rings. The highest BCUT2D eigenvalue weighted by molar-refractivity contribution is 5.48. The minimum absolute atomic E-state index is 0.0861. The number of fused-ring (bicyclic) bond motifs is 1. The SMILES string of the molecule is CC(Nc1cccc(CO)c1)c1ccc2c(c1)CCC2. The highest BCUT2D eigenvalue weighted by Crippen LogP contribution is 2.27. The van der Waals surface area contributed by atoms with E-state index in [4.69, 9.17) is 0 Å². The van der Waals surface area contributed by atoms with E-state index >= 15 is 0 Å². The number of benzene rings is 2. The van der Waals surface area contributed by atoms with Crippen molar-refractivity contribution in [2.45, 2.75) is 38.8 Å². The molecule has 1 aliphatic carbocycles. The van der Waals surface area contributed by atoms with Gasteiger partial charge in [0.1, 0.15) is 0 Å². The zero-order valence-corrected chi connectivity index (χ0v) is 11.9. The van der Waals surface area contributed by atoms with Gasteiger partial charge in [0.25, 0.3) is 0 Å². The van der Waals surface area contributed by atoms with Crippen molar-refractivity contribution in [3.63, 3.8) is 0 Å². The van der Waals surface area contributed by atoms with Gasteiger partial charge in [0, 0.05) is 11.7 Å². The van der Waals surface area contributed by atoms with E-state index in [0.717, 1.165) is 11.3 Å². The summed E-state index contributed by atoms with van der Waals surface area (Å²) in [6, 6.07) is 15.1. The molecule has 1 aliphatic rings. The van der Waals surface area contributed by atoms with E-state index in [-0.39, 0.29) is 12.6 Å². The maximum atomic E-state index is 9.19. The van der Waals surface area contributed by atoms with Crippen molar-refractivity contribution in [3.8, 4) is 0 Å². The number of hydrogen-bond acceptors (Lipinski definition) is 2. The number of aliphatic hydroxyl groups excluding tert-OH is 1. The number of hydrogen-bond donors (Lipinski definition) is 2. The van der Waals surface area contributed by atoms with Crippen LogP contribution in [0.3, 0.4) is 0 Å². The largest absolute Gasteiger partial charge is 0.392 e. The number of rotatable bonds is 4. The third-order valence-electron chi connectivity index (χ3n) is 4.12. The molecular formula is C18H21NO. The van der Waals surface area contributed by atoms with Crippen LogP contribution in [-0.4, -0.2) is 5.11 Å². The van der Waals surface area contributed by atoms with Crippen molar-refractivity contribution < 1.29 is 5.11 Å². The molecule has 1 unspecified atom stereocenters. The molecule has 2 N–H and O–H groups in total. The molecule has 2 nitrogen and oxygen atoms in total. The fourth-order valence-electron chi connectivity index (χ4n) is 2.95.